The monoisotopic (exact) mass is 281 g/mol. The third-order valence-electron chi connectivity index (χ3n) is 3.12. The Morgan fingerprint density at radius 1 is 1.30 bits per heavy atom. The normalized spacial score (nSPS) is 12.3. The number of likely N-dealkylation sites (N-methyl/N-ethyl adjacent to an activating group) is 1. The van der Waals surface area contributed by atoms with Crippen molar-refractivity contribution in [1.29, 1.82) is 0 Å². The predicted molar refractivity (Wildman–Crippen MR) is 75.1 cm³/mol. The summed E-state index contributed by atoms with van der Waals surface area (Å²) in [4.78, 5) is 23.8. The van der Waals surface area contributed by atoms with Gasteiger partial charge < -0.3 is 15.2 Å². The van der Waals surface area contributed by atoms with Gasteiger partial charge >= 0.3 is 0 Å². The van der Waals surface area contributed by atoms with E-state index in [4.69, 9.17) is 4.52 Å². The highest BCUT2D eigenvalue weighted by Crippen LogP contribution is 2.13. The van der Waals surface area contributed by atoms with Crippen molar-refractivity contribution in [1.82, 2.24) is 15.8 Å². The maximum Gasteiger partial charge on any atom is 0.242 e. The van der Waals surface area contributed by atoms with Crippen LogP contribution in [0.2, 0.25) is 0 Å². The SMILES string of the molecule is CNC(=O)[C@H](CC(C)C)NC(=O)Cc1c(C)noc1C. The number of carbonyl (C=O) groups is 2. The number of nitrogens with zero attached hydrogens (tertiary/aromatic N) is 1. The van der Waals surface area contributed by atoms with Crippen molar-refractivity contribution in [3.05, 3.63) is 17.0 Å². The Bertz CT molecular complexity index is 461. The van der Waals surface area contributed by atoms with Crippen molar-refractivity contribution in [2.45, 2.75) is 46.6 Å². The van der Waals surface area contributed by atoms with E-state index in [0.29, 0.717) is 23.8 Å². The van der Waals surface area contributed by atoms with Crippen LogP contribution in [0, 0.1) is 19.8 Å². The van der Waals surface area contributed by atoms with Crippen molar-refractivity contribution in [3.8, 4) is 0 Å². The molecule has 0 unspecified atom stereocenters. The molecule has 0 saturated heterocycles. The standard InChI is InChI=1S/C14H23N3O3/c1-8(2)6-12(14(19)15-5)16-13(18)7-11-9(3)17-20-10(11)4/h8,12H,6-7H2,1-5H3,(H,15,19)(H,16,18)/t12-/m0/s1. The summed E-state index contributed by atoms with van der Waals surface area (Å²) in [5.41, 5.74) is 1.49. The number of nitrogens with one attached hydrogen (secondary N) is 2. The number of hydrogen-bond acceptors (Lipinski definition) is 4. The van der Waals surface area contributed by atoms with Crippen LogP contribution in [0.25, 0.3) is 0 Å². The number of aryl methyl sites for hydroxylation is 2. The molecule has 1 heterocycles. The second kappa shape index (κ2) is 7.07. The molecular formula is C14H23N3O3. The van der Waals surface area contributed by atoms with Gasteiger partial charge in [-0.1, -0.05) is 19.0 Å². The van der Waals surface area contributed by atoms with E-state index in [1.807, 2.05) is 13.8 Å². The molecule has 20 heavy (non-hydrogen) atoms. The van der Waals surface area contributed by atoms with Crippen LogP contribution in [-0.4, -0.2) is 30.1 Å². The number of amides is 2. The number of aromatic nitrogens is 1. The fourth-order valence-corrected chi connectivity index (χ4v) is 2.04. The molecule has 0 aliphatic rings. The molecule has 2 amide bonds. The molecule has 0 spiro atoms. The number of rotatable bonds is 6. The van der Waals surface area contributed by atoms with Gasteiger partial charge in [-0.2, -0.15) is 0 Å². The van der Waals surface area contributed by atoms with Crippen molar-refractivity contribution < 1.29 is 14.1 Å². The lowest BCUT2D eigenvalue weighted by Crippen LogP contribution is -2.46. The van der Waals surface area contributed by atoms with Gasteiger partial charge in [0, 0.05) is 12.6 Å². The van der Waals surface area contributed by atoms with Gasteiger partial charge in [0.2, 0.25) is 11.8 Å². The zero-order valence-electron chi connectivity index (χ0n) is 12.7. The molecule has 112 valence electrons. The lowest BCUT2D eigenvalue weighted by molar-refractivity contribution is -0.128. The molecule has 1 rings (SSSR count). The maximum absolute atomic E-state index is 12.1. The topological polar surface area (TPSA) is 84.2 Å². The van der Waals surface area contributed by atoms with E-state index in [0.717, 1.165) is 5.56 Å². The molecule has 6 nitrogen and oxygen atoms in total. The molecule has 2 N–H and O–H groups in total. The second-order valence-corrected chi connectivity index (χ2v) is 5.34. The fourth-order valence-electron chi connectivity index (χ4n) is 2.04. The van der Waals surface area contributed by atoms with Crippen molar-refractivity contribution in [3.63, 3.8) is 0 Å². The summed E-state index contributed by atoms with van der Waals surface area (Å²) in [6.07, 6.45) is 0.778. The Kier molecular flexibility index (Phi) is 5.73. The minimum absolute atomic E-state index is 0.173. The molecule has 1 atom stereocenters. The Labute approximate surface area is 119 Å². The summed E-state index contributed by atoms with van der Waals surface area (Å²) in [6, 6.07) is -0.507. The lowest BCUT2D eigenvalue weighted by atomic mass is 10.0. The minimum atomic E-state index is -0.507. The Morgan fingerprint density at radius 3 is 2.40 bits per heavy atom. The van der Waals surface area contributed by atoms with Crippen LogP contribution in [0.5, 0.6) is 0 Å². The Balaban J connectivity index is 2.69. The zero-order chi connectivity index (χ0) is 15.3. The largest absolute Gasteiger partial charge is 0.361 e. The van der Waals surface area contributed by atoms with E-state index in [1.165, 1.54) is 0 Å². The number of hydrogen-bond donors (Lipinski definition) is 2. The van der Waals surface area contributed by atoms with Gasteiger partial charge in [-0.25, -0.2) is 0 Å². The fraction of sp³-hybridized carbons (Fsp3) is 0.643. The first-order valence-corrected chi connectivity index (χ1v) is 6.77. The first-order valence-electron chi connectivity index (χ1n) is 6.77. The van der Waals surface area contributed by atoms with Crippen LogP contribution in [0.1, 0.15) is 37.3 Å². The molecule has 0 fully saturated rings. The first-order chi connectivity index (χ1) is 9.35. The molecule has 0 bridgehead atoms. The Morgan fingerprint density at radius 2 is 1.95 bits per heavy atom. The first kappa shape index (κ1) is 16.2. The molecule has 6 heteroatoms. The van der Waals surface area contributed by atoms with Crippen molar-refractivity contribution in [2.24, 2.45) is 5.92 Å². The third-order valence-corrected chi connectivity index (χ3v) is 3.12. The summed E-state index contributed by atoms with van der Waals surface area (Å²) >= 11 is 0. The van der Waals surface area contributed by atoms with Gasteiger partial charge in [-0.15, -0.1) is 0 Å². The average molecular weight is 281 g/mol. The van der Waals surface area contributed by atoms with Crippen LogP contribution >= 0.6 is 0 Å². The summed E-state index contributed by atoms with van der Waals surface area (Å²) in [7, 11) is 1.57. The van der Waals surface area contributed by atoms with E-state index in [1.54, 1.807) is 20.9 Å². The molecule has 1 aromatic rings. The molecular weight excluding hydrogens is 258 g/mol. The number of carbonyl (C=O) groups excluding carboxylic acids is 2. The molecule has 0 aliphatic carbocycles. The van der Waals surface area contributed by atoms with E-state index >= 15 is 0 Å². The summed E-state index contributed by atoms with van der Waals surface area (Å²) in [6.45, 7) is 7.59. The average Bonchev–Trinajstić information content (AvgIpc) is 2.68. The summed E-state index contributed by atoms with van der Waals surface area (Å²) in [5.74, 6) is 0.578. The van der Waals surface area contributed by atoms with E-state index in [2.05, 4.69) is 15.8 Å². The second-order valence-electron chi connectivity index (χ2n) is 5.34. The van der Waals surface area contributed by atoms with Crippen LogP contribution in [0.15, 0.2) is 4.52 Å². The highest BCUT2D eigenvalue weighted by atomic mass is 16.5. The molecule has 0 saturated carbocycles. The van der Waals surface area contributed by atoms with Gasteiger partial charge in [0.05, 0.1) is 12.1 Å². The molecule has 0 aromatic carbocycles. The quantitative estimate of drug-likeness (QED) is 0.818. The van der Waals surface area contributed by atoms with E-state index < -0.39 is 6.04 Å². The summed E-state index contributed by atoms with van der Waals surface area (Å²) < 4.78 is 5.03. The van der Waals surface area contributed by atoms with Gasteiger partial charge in [-0.3, -0.25) is 9.59 Å². The van der Waals surface area contributed by atoms with Crippen molar-refractivity contribution >= 4 is 11.8 Å². The van der Waals surface area contributed by atoms with Crippen LogP contribution in [0.4, 0.5) is 0 Å². The van der Waals surface area contributed by atoms with Crippen LogP contribution < -0.4 is 10.6 Å². The van der Waals surface area contributed by atoms with Crippen molar-refractivity contribution in [2.75, 3.05) is 7.05 Å². The Hall–Kier alpha value is -1.85. The van der Waals surface area contributed by atoms with Gasteiger partial charge in [0.1, 0.15) is 11.8 Å². The van der Waals surface area contributed by atoms with Gasteiger partial charge in [0.25, 0.3) is 0 Å². The maximum atomic E-state index is 12.1. The zero-order valence-corrected chi connectivity index (χ0v) is 12.7. The highest BCUT2D eigenvalue weighted by molar-refractivity contribution is 5.88. The van der Waals surface area contributed by atoms with Crippen LogP contribution in [-0.2, 0) is 16.0 Å². The molecule has 0 radical (unpaired) electrons. The van der Waals surface area contributed by atoms with Crippen LogP contribution in [0.3, 0.4) is 0 Å². The third kappa shape index (κ3) is 4.36. The lowest BCUT2D eigenvalue weighted by Gasteiger charge is -2.19. The van der Waals surface area contributed by atoms with Gasteiger partial charge in [0.15, 0.2) is 0 Å². The van der Waals surface area contributed by atoms with E-state index in [-0.39, 0.29) is 18.2 Å². The predicted octanol–water partition coefficient (Wildman–Crippen LogP) is 1.11. The summed E-state index contributed by atoms with van der Waals surface area (Å²) in [5, 5.41) is 9.16. The molecule has 0 aliphatic heterocycles. The smallest absolute Gasteiger partial charge is 0.242 e. The highest BCUT2D eigenvalue weighted by Gasteiger charge is 2.22. The van der Waals surface area contributed by atoms with E-state index in [9.17, 15) is 9.59 Å². The molecule has 1 aromatic heterocycles. The van der Waals surface area contributed by atoms with Gasteiger partial charge in [-0.05, 0) is 26.2 Å². The minimum Gasteiger partial charge on any atom is -0.361 e.